The van der Waals surface area contributed by atoms with Crippen molar-refractivity contribution >= 4 is 22.7 Å². The summed E-state index contributed by atoms with van der Waals surface area (Å²) in [6.07, 6.45) is -3.45. The third-order valence-electron chi connectivity index (χ3n) is 4.74. The Morgan fingerprint density at radius 2 is 1.58 bits per heavy atom. The highest BCUT2D eigenvalue weighted by Crippen LogP contribution is 2.37. The SMILES string of the molecule is [C-]#[N+]c1c(C(F)(F)F)cc(-c2ccccc2)n(/N=C/c2ccc3ccccc3c2)c1=O. The number of nitrogens with zero attached hydrogens (tertiary/aromatic N) is 3. The predicted molar refractivity (Wildman–Crippen MR) is 114 cm³/mol. The molecule has 1 heterocycles. The van der Waals surface area contributed by atoms with Gasteiger partial charge in [0.05, 0.1) is 24.0 Å². The molecule has 0 N–H and O–H groups in total. The van der Waals surface area contributed by atoms with Crippen molar-refractivity contribution in [1.29, 1.82) is 0 Å². The highest BCUT2D eigenvalue weighted by molar-refractivity contribution is 5.90. The van der Waals surface area contributed by atoms with Crippen LogP contribution in [0.1, 0.15) is 11.1 Å². The molecular formula is C24H14F3N3O. The van der Waals surface area contributed by atoms with Crippen molar-refractivity contribution in [2.75, 3.05) is 0 Å². The lowest BCUT2D eigenvalue weighted by Crippen LogP contribution is -2.22. The molecule has 4 nitrogen and oxygen atoms in total. The number of hydrogen-bond acceptors (Lipinski definition) is 2. The summed E-state index contributed by atoms with van der Waals surface area (Å²) in [6, 6.07) is 22.2. The minimum absolute atomic E-state index is 0.0534. The van der Waals surface area contributed by atoms with E-state index in [2.05, 4.69) is 9.95 Å². The Morgan fingerprint density at radius 3 is 2.26 bits per heavy atom. The van der Waals surface area contributed by atoms with E-state index in [1.807, 2.05) is 36.4 Å². The molecule has 0 bridgehead atoms. The Hall–Kier alpha value is -4.18. The van der Waals surface area contributed by atoms with Crippen LogP contribution in [0.4, 0.5) is 18.9 Å². The van der Waals surface area contributed by atoms with E-state index in [1.54, 1.807) is 36.4 Å². The molecule has 0 amide bonds. The fourth-order valence-corrected chi connectivity index (χ4v) is 3.26. The first kappa shape index (κ1) is 20.1. The lowest BCUT2D eigenvalue weighted by molar-refractivity contribution is -0.136. The van der Waals surface area contributed by atoms with Crippen molar-refractivity contribution in [1.82, 2.24) is 4.68 Å². The fourth-order valence-electron chi connectivity index (χ4n) is 3.26. The molecule has 0 unspecified atom stereocenters. The maximum Gasteiger partial charge on any atom is 0.407 e. The van der Waals surface area contributed by atoms with E-state index in [1.165, 1.54) is 6.21 Å². The van der Waals surface area contributed by atoms with Gasteiger partial charge in [-0.2, -0.15) is 18.3 Å². The van der Waals surface area contributed by atoms with Crippen LogP contribution in [0.2, 0.25) is 0 Å². The first-order valence-electron chi connectivity index (χ1n) is 9.22. The van der Waals surface area contributed by atoms with Gasteiger partial charge in [-0.25, -0.2) is 9.52 Å². The van der Waals surface area contributed by atoms with Gasteiger partial charge < -0.3 is 0 Å². The van der Waals surface area contributed by atoms with Crippen LogP contribution in [0.5, 0.6) is 0 Å². The molecule has 7 heteroatoms. The first-order valence-corrected chi connectivity index (χ1v) is 9.22. The van der Waals surface area contributed by atoms with E-state index in [0.717, 1.165) is 21.5 Å². The van der Waals surface area contributed by atoms with E-state index >= 15 is 0 Å². The maximum absolute atomic E-state index is 13.5. The molecule has 0 saturated heterocycles. The first-order chi connectivity index (χ1) is 14.9. The second-order valence-corrected chi connectivity index (χ2v) is 6.74. The number of rotatable bonds is 3. The average molecular weight is 417 g/mol. The topological polar surface area (TPSA) is 38.7 Å². The summed E-state index contributed by atoms with van der Waals surface area (Å²) >= 11 is 0. The van der Waals surface area contributed by atoms with Gasteiger partial charge in [-0.15, -0.1) is 0 Å². The molecule has 0 fully saturated rings. The van der Waals surface area contributed by atoms with Gasteiger partial charge in [0.15, 0.2) is 0 Å². The third kappa shape index (κ3) is 3.96. The summed E-state index contributed by atoms with van der Waals surface area (Å²) in [6.45, 7) is 7.12. The maximum atomic E-state index is 13.5. The Kier molecular flexibility index (Phi) is 5.14. The molecule has 31 heavy (non-hydrogen) atoms. The molecule has 3 aromatic carbocycles. The van der Waals surface area contributed by atoms with Crippen LogP contribution < -0.4 is 5.56 Å². The van der Waals surface area contributed by atoms with Crippen molar-refractivity contribution in [3.8, 4) is 11.3 Å². The summed E-state index contributed by atoms with van der Waals surface area (Å²) in [5, 5.41) is 6.13. The van der Waals surface area contributed by atoms with E-state index in [0.29, 0.717) is 11.1 Å². The second kappa shape index (κ2) is 7.92. The van der Waals surface area contributed by atoms with Crippen molar-refractivity contribution in [2.24, 2.45) is 5.10 Å². The number of halogens is 3. The Morgan fingerprint density at radius 1 is 0.903 bits per heavy atom. The smallest absolute Gasteiger partial charge is 0.281 e. The van der Waals surface area contributed by atoms with Gasteiger partial charge in [-0.3, -0.25) is 4.79 Å². The van der Waals surface area contributed by atoms with Gasteiger partial charge in [0.1, 0.15) is 0 Å². The van der Waals surface area contributed by atoms with Crippen LogP contribution in [-0.4, -0.2) is 10.9 Å². The molecule has 0 aliphatic carbocycles. The minimum Gasteiger partial charge on any atom is -0.281 e. The molecule has 1 aromatic heterocycles. The predicted octanol–water partition coefficient (Wildman–Crippen LogP) is 6.12. The molecule has 4 rings (SSSR count). The summed E-state index contributed by atoms with van der Waals surface area (Å²) in [4.78, 5) is 15.7. The number of hydrogen-bond donors (Lipinski definition) is 0. The monoisotopic (exact) mass is 417 g/mol. The molecule has 0 radical (unpaired) electrons. The van der Waals surface area contributed by atoms with Gasteiger partial charge in [-0.1, -0.05) is 66.7 Å². The molecule has 152 valence electrons. The van der Waals surface area contributed by atoms with Crippen LogP contribution in [0.3, 0.4) is 0 Å². The number of fused-ring (bicyclic) bond motifs is 1. The normalized spacial score (nSPS) is 11.7. The zero-order valence-electron chi connectivity index (χ0n) is 16.0. The molecule has 0 atom stereocenters. The average Bonchev–Trinajstić information content (AvgIpc) is 2.77. The van der Waals surface area contributed by atoms with E-state index in [-0.39, 0.29) is 5.69 Å². The molecule has 0 spiro atoms. The summed E-state index contributed by atoms with van der Waals surface area (Å²) < 4.78 is 41.4. The summed E-state index contributed by atoms with van der Waals surface area (Å²) in [5.41, 5.74) is -2.43. The molecule has 0 aliphatic rings. The van der Waals surface area contributed by atoms with Gasteiger partial charge in [0.25, 0.3) is 11.2 Å². The Balaban J connectivity index is 1.92. The fraction of sp³-hybridized carbons (Fsp3) is 0.0417. The van der Waals surface area contributed by atoms with Gasteiger partial charge >= 0.3 is 6.18 Å². The Labute approximate surface area is 175 Å². The number of pyridine rings is 1. The van der Waals surface area contributed by atoms with Crippen LogP contribution in [0.15, 0.2) is 88.8 Å². The van der Waals surface area contributed by atoms with Gasteiger partial charge in [-0.05, 0) is 28.5 Å². The minimum atomic E-state index is -4.84. The summed E-state index contributed by atoms with van der Waals surface area (Å²) in [5.74, 6) is 0. The highest BCUT2D eigenvalue weighted by atomic mass is 19.4. The van der Waals surface area contributed by atoms with Crippen LogP contribution >= 0.6 is 0 Å². The van der Waals surface area contributed by atoms with Gasteiger partial charge in [0, 0.05) is 5.56 Å². The van der Waals surface area contributed by atoms with Crippen LogP contribution in [0, 0.1) is 6.57 Å². The largest absolute Gasteiger partial charge is 0.407 e. The number of alkyl halides is 3. The van der Waals surface area contributed by atoms with Gasteiger partial charge in [0.2, 0.25) is 0 Å². The van der Waals surface area contributed by atoms with Crippen LogP contribution in [-0.2, 0) is 6.18 Å². The van der Waals surface area contributed by atoms with Crippen LogP contribution in [0.25, 0.3) is 26.9 Å². The Bertz CT molecular complexity index is 1400. The van der Waals surface area contributed by atoms with E-state index in [9.17, 15) is 18.0 Å². The van der Waals surface area contributed by atoms with E-state index < -0.39 is 23.0 Å². The highest BCUT2D eigenvalue weighted by Gasteiger charge is 2.36. The van der Waals surface area contributed by atoms with Crippen molar-refractivity contribution in [3.63, 3.8) is 0 Å². The zero-order chi connectivity index (χ0) is 22.0. The third-order valence-corrected chi connectivity index (χ3v) is 4.74. The lowest BCUT2D eigenvalue weighted by atomic mass is 10.1. The summed E-state index contributed by atoms with van der Waals surface area (Å²) in [7, 11) is 0. The van der Waals surface area contributed by atoms with Crippen molar-refractivity contribution in [3.05, 3.63) is 112 Å². The standard InChI is InChI=1S/C24H14F3N3O/c1-28-22-20(24(25,26)27)14-21(18-8-3-2-4-9-18)30(23(22)31)29-15-16-11-12-17-7-5-6-10-19(17)13-16/h2-15H/b29-15+. The second-order valence-electron chi connectivity index (χ2n) is 6.74. The molecular weight excluding hydrogens is 403 g/mol. The zero-order valence-corrected chi connectivity index (χ0v) is 16.0. The van der Waals surface area contributed by atoms with Crippen molar-refractivity contribution in [2.45, 2.75) is 6.18 Å². The lowest BCUT2D eigenvalue weighted by Gasteiger charge is -2.14. The molecule has 0 saturated carbocycles. The molecule has 0 aliphatic heterocycles. The number of aromatic nitrogens is 1. The van der Waals surface area contributed by atoms with E-state index in [4.69, 9.17) is 6.57 Å². The number of benzene rings is 3. The molecule has 4 aromatic rings. The van der Waals surface area contributed by atoms with Crippen molar-refractivity contribution < 1.29 is 13.2 Å². The quantitative estimate of drug-likeness (QED) is 0.292.